The molecule has 16 heteroatoms. The number of quaternary nitrogens is 1. The number of aliphatic hydroxyl groups excluding tert-OH is 6. The summed E-state index contributed by atoms with van der Waals surface area (Å²) < 4.78 is 32.8. The van der Waals surface area contributed by atoms with Gasteiger partial charge in [0.2, 0.25) is 5.91 Å². The summed E-state index contributed by atoms with van der Waals surface area (Å²) in [6, 6.07) is -1.26. The van der Waals surface area contributed by atoms with Crippen LogP contribution in [-0.4, -0.2) is 118 Å². The van der Waals surface area contributed by atoms with Crippen LogP contribution in [0.4, 0.5) is 0 Å². The van der Waals surface area contributed by atoms with E-state index in [4.69, 9.17) is 14.0 Å². The third-order valence-electron chi connectivity index (χ3n) is 12.2. The molecule has 0 spiro atoms. The molecule has 15 nitrogen and oxygen atoms in total. The highest BCUT2D eigenvalue weighted by molar-refractivity contribution is 7.45. The van der Waals surface area contributed by atoms with Crippen molar-refractivity contribution in [2.45, 2.75) is 262 Å². The van der Waals surface area contributed by atoms with Crippen molar-refractivity contribution in [3.63, 3.8) is 0 Å². The number of hydrogen-bond acceptors (Lipinski definition) is 13. The Bertz CT molecular complexity index is 1130. The van der Waals surface area contributed by atoms with Gasteiger partial charge in [0, 0.05) is 0 Å². The van der Waals surface area contributed by atoms with Gasteiger partial charge < -0.3 is 65.1 Å². The number of rotatable bonds is 43. The smallest absolute Gasteiger partial charge is 0.268 e. The highest BCUT2D eigenvalue weighted by Gasteiger charge is 2.45. The van der Waals surface area contributed by atoms with Gasteiger partial charge in [-0.25, -0.2) is 0 Å². The molecule has 0 saturated carbocycles. The van der Waals surface area contributed by atoms with Crippen LogP contribution < -0.4 is 15.9 Å². The van der Waals surface area contributed by atoms with Crippen LogP contribution in [0.2, 0.25) is 0 Å². The van der Waals surface area contributed by atoms with Crippen LogP contribution in [0.25, 0.3) is 0 Å². The summed E-state index contributed by atoms with van der Waals surface area (Å²) in [5, 5.41) is 67.3. The molecule has 0 radical (unpaired) electrons. The van der Waals surface area contributed by atoms with Crippen molar-refractivity contribution < 1.29 is 69.1 Å². The highest BCUT2D eigenvalue weighted by atomic mass is 31.2. The van der Waals surface area contributed by atoms with E-state index in [-0.39, 0.29) is 26.0 Å². The van der Waals surface area contributed by atoms with Gasteiger partial charge >= 0.3 is 0 Å². The number of amides is 1. The highest BCUT2D eigenvalue weighted by Crippen LogP contribution is 2.39. The van der Waals surface area contributed by atoms with Crippen LogP contribution in [0.3, 0.4) is 0 Å². The summed E-state index contributed by atoms with van der Waals surface area (Å²) in [7, 11) is -4.79. The second-order valence-electron chi connectivity index (χ2n) is 18.6. The first kappa shape index (κ1) is 60.2. The van der Waals surface area contributed by atoms with Gasteiger partial charge in [-0.2, -0.15) is 0 Å². The quantitative estimate of drug-likeness (QED) is 0.0254. The Labute approximate surface area is 381 Å². The molecule has 376 valence electrons. The average molecular weight is 927 g/mol. The summed E-state index contributed by atoms with van der Waals surface area (Å²) in [5.74, 6) is -0.0283. The van der Waals surface area contributed by atoms with Gasteiger partial charge in [0.25, 0.3) is 7.82 Å². The van der Waals surface area contributed by atoms with E-state index in [9.17, 15) is 44.9 Å². The Hall–Kier alpha value is -0.780. The zero-order chi connectivity index (χ0) is 46.7. The number of carbonyl (C=O) groups is 1. The van der Waals surface area contributed by atoms with E-state index in [1.807, 2.05) is 0 Å². The Balaban J connectivity index is 2.61. The Morgan fingerprint density at radius 1 is 0.667 bits per heavy atom. The van der Waals surface area contributed by atoms with Crippen LogP contribution in [0, 0.1) is 5.92 Å². The van der Waals surface area contributed by atoms with Crippen molar-refractivity contribution in [3.05, 3.63) is 0 Å². The van der Waals surface area contributed by atoms with Crippen LogP contribution >= 0.6 is 7.82 Å². The lowest BCUT2D eigenvalue weighted by Gasteiger charge is -2.41. The number of nitrogens with one attached hydrogen (secondary N) is 1. The molecule has 1 saturated heterocycles. The third-order valence-corrected chi connectivity index (χ3v) is 13.2. The number of unbranched alkanes of at least 4 members (excludes halogenated alkanes) is 24. The lowest BCUT2D eigenvalue weighted by molar-refractivity contribution is -0.373. The van der Waals surface area contributed by atoms with Crippen LogP contribution in [-0.2, 0) is 27.9 Å². The van der Waals surface area contributed by atoms with E-state index in [2.05, 4.69) is 36.3 Å². The lowest BCUT2D eigenvalue weighted by Crippen LogP contribution is -2.60. The Morgan fingerprint density at radius 3 is 1.57 bits per heavy atom. The van der Waals surface area contributed by atoms with Crippen molar-refractivity contribution in [2.24, 2.45) is 5.92 Å². The van der Waals surface area contributed by atoms with Crippen LogP contribution in [0.5, 0.6) is 0 Å². The normalized spacial score (nSPS) is 22.2. The molecule has 0 bridgehead atoms. The van der Waals surface area contributed by atoms with E-state index < -0.39 is 82.0 Å². The fourth-order valence-electron chi connectivity index (χ4n) is 8.05. The van der Waals surface area contributed by atoms with Crippen molar-refractivity contribution in [1.82, 2.24) is 5.32 Å². The molecule has 1 aliphatic heterocycles. The monoisotopic (exact) mass is 927 g/mol. The third kappa shape index (κ3) is 30.3. The molecular formula is C47H95N2O13P. The van der Waals surface area contributed by atoms with Crippen molar-refractivity contribution >= 4 is 13.7 Å². The summed E-state index contributed by atoms with van der Waals surface area (Å²) >= 11 is 0. The molecule has 1 rings (SSSR count). The maximum Gasteiger partial charge on any atom is 0.268 e. The molecule has 5 unspecified atom stereocenters. The first-order valence-electron chi connectivity index (χ1n) is 25.3. The Kier molecular flexibility index (Phi) is 36.5. The zero-order valence-electron chi connectivity index (χ0n) is 39.8. The molecule has 0 aromatic rings. The van der Waals surface area contributed by atoms with Crippen LogP contribution in [0.1, 0.15) is 207 Å². The summed E-state index contributed by atoms with van der Waals surface area (Å²) in [6.07, 6.45) is 19.7. The first-order chi connectivity index (χ1) is 30.2. The number of carbonyl (C=O) groups excluding carboxylic acids is 1. The zero-order valence-corrected chi connectivity index (χ0v) is 40.7. The second-order valence-corrected chi connectivity index (χ2v) is 20.0. The van der Waals surface area contributed by atoms with E-state index in [1.54, 1.807) is 0 Å². The van der Waals surface area contributed by atoms with E-state index in [0.29, 0.717) is 12.8 Å². The standard InChI is InChI=1S/C47H95N2O13P/c1-4-5-6-7-8-9-10-11-12-13-14-15-16-17-18-23-26-29-32-40(51)46(56)49-38(42(52)39(50)31-28-25-22-20-19-21-24-27-30-37(2)3)35-59-47-45(55)44(54)43(53)41(62-47)36-61-63(57,58)60-34-33-48/h37-45,47,50-55H,4-36,48H2,1-3H3,(H,49,56)(H,57,58)/t38?,39?,40?,41-,42?,43-,44+,45-,47-/m1/s1. The SMILES string of the molecule is CCCCCCCCCCCCCCCCCCCCC(O)C(=O)NC(CO[C@@H]1O[C@H](COP(=O)([O-])OCC[NH3+])[C@@H](O)[C@H](O)[C@H]1O)C(O)C(O)CCCCCCCCCCC(C)C. The molecule has 1 amide bonds. The topological polar surface area (TPSA) is 255 Å². The summed E-state index contributed by atoms with van der Waals surface area (Å²) in [6.45, 7) is 5.37. The van der Waals surface area contributed by atoms with Gasteiger partial charge in [-0.3, -0.25) is 9.36 Å². The second kappa shape index (κ2) is 38.2. The molecule has 1 aliphatic rings. The number of phosphoric acid groups is 1. The van der Waals surface area contributed by atoms with E-state index >= 15 is 0 Å². The minimum Gasteiger partial charge on any atom is -0.756 e. The fourth-order valence-corrected chi connectivity index (χ4v) is 8.81. The van der Waals surface area contributed by atoms with Gasteiger partial charge in [0.1, 0.15) is 43.2 Å². The number of aliphatic hydroxyl groups is 6. The fraction of sp³-hybridized carbons (Fsp3) is 0.979. The van der Waals surface area contributed by atoms with E-state index in [0.717, 1.165) is 50.9 Å². The van der Waals surface area contributed by atoms with Gasteiger partial charge in [0.05, 0.1) is 31.9 Å². The lowest BCUT2D eigenvalue weighted by atomic mass is 9.98. The number of ether oxygens (including phenoxy) is 2. The molecular weight excluding hydrogens is 831 g/mol. The molecule has 1 fully saturated rings. The van der Waals surface area contributed by atoms with Gasteiger partial charge in [0.15, 0.2) is 6.29 Å². The van der Waals surface area contributed by atoms with Gasteiger partial charge in [-0.15, -0.1) is 0 Å². The number of phosphoric ester groups is 1. The minimum absolute atomic E-state index is 0.159. The van der Waals surface area contributed by atoms with Gasteiger partial charge in [-0.05, 0) is 18.8 Å². The maximum atomic E-state index is 13.2. The van der Waals surface area contributed by atoms with Gasteiger partial charge in [-0.1, -0.05) is 194 Å². The predicted molar refractivity (Wildman–Crippen MR) is 244 cm³/mol. The van der Waals surface area contributed by atoms with E-state index in [1.165, 1.54) is 116 Å². The summed E-state index contributed by atoms with van der Waals surface area (Å²) in [5.41, 5.74) is 3.49. The van der Waals surface area contributed by atoms with Crippen molar-refractivity contribution in [3.8, 4) is 0 Å². The molecule has 1 heterocycles. The van der Waals surface area contributed by atoms with Crippen molar-refractivity contribution in [2.75, 3.05) is 26.4 Å². The van der Waals surface area contributed by atoms with Crippen molar-refractivity contribution in [1.29, 1.82) is 0 Å². The average Bonchev–Trinajstić information content (AvgIpc) is 3.26. The predicted octanol–water partition coefficient (Wildman–Crippen LogP) is 6.11. The molecule has 0 aliphatic carbocycles. The molecule has 0 aromatic carbocycles. The molecule has 10 N–H and O–H groups in total. The maximum absolute atomic E-state index is 13.2. The van der Waals surface area contributed by atoms with Crippen LogP contribution in [0.15, 0.2) is 0 Å². The summed E-state index contributed by atoms with van der Waals surface area (Å²) in [4.78, 5) is 25.3. The molecule has 63 heavy (non-hydrogen) atoms. The molecule has 10 atom stereocenters. The number of hydrogen-bond donors (Lipinski definition) is 8. The Morgan fingerprint density at radius 2 is 1.11 bits per heavy atom. The molecule has 0 aromatic heterocycles. The first-order valence-corrected chi connectivity index (χ1v) is 26.7. The largest absolute Gasteiger partial charge is 0.756 e. The minimum atomic E-state index is -4.79.